The number of aliphatic hydroxyl groups excluding tert-OH is 3. The third-order valence-corrected chi connectivity index (χ3v) is 10.2. The predicted octanol–water partition coefficient (Wildman–Crippen LogP) is 7.74. The summed E-state index contributed by atoms with van der Waals surface area (Å²) in [7, 11) is -5.05. The quantitative estimate of drug-likeness (QED) is 0.0277. The van der Waals surface area contributed by atoms with E-state index >= 15 is 0 Å². The van der Waals surface area contributed by atoms with Gasteiger partial charge in [0.05, 0.1) is 19.8 Å². The molecule has 0 bridgehead atoms. The first kappa shape index (κ1) is 49.1. The summed E-state index contributed by atoms with van der Waals surface area (Å²) in [6, 6.07) is 0. The second-order valence-electron chi connectivity index (χ2n) is 14.6. The van der Waals surface area contributed by atoms with E-state index in [9.17, 15) is 28.5 Å². The van der Waals surface area contributed by atoms with Crippen molar-refractivity contribution in [1.29, 1.82) is 0 Å². The summed E-state index contributed by atoms with van der Waals surface area (Å²) in [5.41, 5.74) is 0. The van der Waals surface area contributed by atoms with Crippen LogP contribution in [0.25, 0.3) is 0 Å². The molecule has 0 radical (unpaired) electrons. The fourth-order valence-corrected chi connectivity index (χ4v) is 7.06. The van der Waals surface area contributed by atoms with Crippen LogP contribution in [0.4, 0.5) is 0 Å². The highest BCUT2D eigenvalue weighted by Crippen LogP contribution is 2.26. The maximum atomic E-state index is 12.5. The van der Waals surface area contributed by atoms with Crippen LogP contribution in [-0.4, -0.2) is 97.5 Å². The lowest BCUT2D eigenvalue weighted by Crippen LogP contribution is -2.60. The molecular formula is C39H76O12S. The first-order chi connectivity index (χ1) is 25.1. The molecule has 1 heterocycles. The van der Waals surface area contributed by atoms with Gasteiger partial charge in [0.15, 0.2) is 6.29 Å². The molecule has 1 fully saturated rings. The minimum absolute atomic E-state index is 0.0414. The highest BCUT2D eigenvalue weighted by molar-refractivity contribution is 7.80. The molecule has 6 atom stereocenters. The van der Waals surface area contributed by atoms with Crippen molar-refractivity contribution in [2.45, 2.75) is 218 Å². The normalized spacial score (nSPS) is 21.4. The van der Waals surface area contributed by atoms with E-state index in [1.165, 1.54) is 116 Å². The van der Waals surface area contributed by atoms with Gasteiger partial charge in [-0.3, -0.25) is 9.35 Å². The van der Waals surface area contributed by atoms with E-state index in [1.807, 2.05) is 0 Å². The molecule has 0 amide bonds. The fraction of sp³-hybridized carbons (Fsp3) is 0.974. The SMILES string of the molecule is CCCCCCCCCCCCCCCCCCCCCCCOCC(COC1OC(CO)C(O)C(OS(=O)(=O)O)C1O)OC(=O)CCCCCC. The molecule has 1 rings (SSSR count). The minimum atomic E-state index is -5.05. The molecule has 1 saturated heterocycles. The van der Waals surface area contributed by atoms with Gasteiger partial charge in [-0.1, -0.05) is 162 Å². The van der Waals surface area contributed by atoms with Crippen LogP contribution in [0.2, 0.25) is 0 Å². The zero-order valence-corrected chi connectivity index (χ0v) is 33.5. The average molecular weight is 769 g/mol. The molecule has 4 N–H and O–H groups in total. The minimum Gasteiger partial charge on any atom is -0.457 e. The van der Waals surface area contributed by atoms with Gasteiger partial charge in [0.25, 0.3) is 0 Å². The maximum Gasteiger partial charge on any atom is 0.397 e. The Hall–Kier alpha value is -0.900. The fourth-order valence-electron chi connectivity index (χ4n) is 6.56. The number of carbonyl (C=O) groups excluding carboxylic acids is 1. The summed E-state index contributed by atoms with van der Waals surface area (Å²) in [5.74, 6) is -0.413. The molecule has 310 valence electrons. The highest BCUT2D eigenvalue weighted by atomic mass is 32.3. The van der Waals surface area contributed by atoms with E-state index < -0.39 is 59.8 Å². The third kappa shape index (κ3) is 26.0. The van der Waals surface area contributed by atoms with Crippen molar-refractivity contribution >= 4 is 16.4 Å². The molecule has 6 unspecified atom stereocenters. The van der Waals surface area contributed by atoms with Crippen LogP contribution >= 0.6 is 0 Å². The summed E-state index contributed by atoms with van der Waals surface area (Å²) in [6.07, 6.45) is 22.3. The second kappa shape index (κ2) is 32.4. The number of unbranched alkanes of at least 4 members (excludes halogenated alkanes) is 23. The summed E-state index contributed by atoms with van der Waals surface area (Å²) < 4.78 is 58.5. The first-order valence-electron chi connectivity index (χ1n) is 20.8. The summed E-state index contributed by atoms with van der Waals surface area (Å²) in [5, 5.41) is 30.4. The van der Waals surface area contributed by atoms with Gasteiger partial charge in [-0.15, -0.1) is 0 Å². The second-order valence-corrected chi connectivity index (χ2v) is 15.6. The lowest BCUT2D eigenvalue weighted by molar-refractivity contribution is -0.301. The topological polar surface area (TPSA) is 178 Å². The van der Waals surface area contributed by atoms with Crippen LogP contribution in [0.1, 0.15) is 181 Å². The van der Waals surface area contributed by atoms with Crippen molar-refractivity contribution in [1.82, 2.24) is 0 Å². The largest absolute Gasteiger partial charge is 0.457 e. The Kier molecular flexibility index (Phi) is 30.6. The van der Waals surface area contributed by atoms with E-state index in [0.29, 0.717) is 13.0 Å². The van der Waals surface area contributed by atoms with Crippen molar-refractivity contribution in [3.05, 3.63) is 0 Å². The van der Waals surface area contributed by atoms with Crippen LogP contribution in [0.15, 0.2) is 0 Å². The van der Waals surface area contributed by atoms with Gasteiger partial charge in [-0.25, -0.2) is 4.18 Å². The van der Waals surface area contributed by atoms with Gasteiger partial charge in [0.2, 0.25) is 0 Å². The van der Waals surface area contributed by atoms with Crippen molar-refractivity contribution in [3.8, 4) is 0 Å². The lowest BCUT2D eigenvalue weighted by Gasteiger charge is -2.41. The Morgan fingerprint density at radius 3 is 1.54 bits per heavy atom. The molecule has 0 saturated carbocycles. The number of hydrogen-bond acceptors (Lipinski definition) is 11. The van der Waals surface area contributed by atoms with Crippen LogP contribution in [-0.2, 0) is 38.3 Å². The summed E-state index contributed by atoms with van der Waals surface area (Å²) >= 11 is 0. The highest BCUT2D eigenvalue weighted by Gasteiger charge is 2.48. The van der Waals surface area contributed by atoms with Gasteiger partial charge < -0.3 is 34.3 Å². The van der Waals surface area contributed by atoms with E-state index in [1.54, 1.807) is 0 Å². The molecule has 52 heavy (non-hydrogen) atoms. The third-order valence-electron chi connectivity index (χ3n) is 9.73. The first-order valence-corrected chi connectivity index (χ1v) is 22.2. The van der Waals surface area contributed by atoms with Gasteiger partial charge in [0.1, 0.15) is 30.5 Å². The number of aliphatic hydroxyl groups is 3. The van der Waals surface area contributed by atoms with Crippen LogP contribution in [0, 0.1) is 0 Å². The zero-order valence-electron chi connectivity index (χ0n) is 32.6. The van der Waals surface area contributed by atoms with Crippen LogP contribution in [0.5, 0.6) is 0 Å². The Bertz CT molecular complexity index is 936. The molecule has 0 aromatic rings. The lowest BCUT2D eigenvalue weighted by atomic mass is 9.99. The van der Waals surface area contributed by atoms with E-state index in [2.05, 4.69) is 18.0 Å². The van der Waals surface area contributed by atoms with Crippen molar-refractivity contribution in [2.75, 3.05) is 26.4 Å². The number of esters is 1. The zero-order chi connectivity index (χ0) is 38.3. The molecule has 12 nitrogen and oxygen atoms in total. The standard InChI is InChI=1S/C39H76O12S/c1-3-5-7-9-10-11-12-13-14-15-16-17-18-19-20-21-22-23-24-25-27-29-47-31-33(49-35(41)28-26-8-6-4-2)32-48-39-37(43)38(51-52(44,45)46)36(42)34(30-40)50-39/h33-34,36-40,42-43H,3-32H2,1-2H3,(H,44,45,46). The molecule has 0 spiro atoms. The van der Waals surface area contributed by atoms with Crippen molar-refractivity contribution in [2.24, 2.45) is 0 Å². The Morgan fingerprint density at radius 2 is 1.10 bits per heavy atom. The average Bonchev–Trinajstić information content (AvgIpc) is 3.11. The molecule has 0 aromatic carbocycles. The molecule has 0 aromatic heterocycles. The van der Waals surface area contributed by atoms with Gasteiger partial charge >= 0.3 is 16.4 Å². The monoisotopic (exact) mass is 769 g/mol. The van der Waals surface area contributed by atoms with E-state index in [-0.39, 0.29) is 19.6 Å². The smallest absolute Gasteiger partial charge is 0.397 e. The molecular weight excluding hydrogens is 692 g/mol. The van der Waals surface area contributed by atoms with E-state index in [4.69, 9.17) is 23.5 Å². The van der Waals surface area contributed by atoms with Gasteiger partial charge in [0, 0.05) is 13.0 Å². The Labute approximate surface area is 316 Å². The number of ether oxygens (including phenoxy) is 4. The van der Waals surface area contributed by atoms with Crippen LogP contribution < -0.4 is 0 Å². The molecule has 1 aliphatic rings. The van der Waals surface area contributed by atoms with Crippen LogP contribution in [0.3, 0.4) is 0 Å². The Morgan fingerprint density at radius 1 is 0.654 bits per heavy atom. The molecule has 1 aliphatic heterocycles. The molecule has 0 aliphatic carbocycles. The number of carbonyl (C=O) groups is 1. The van der Waals surface area contributed by atoms with Gasteiger partial charge in [-0.2, -0.15) is 8.42 Å². The van der Waals surface area contributed by atoms with E-state index in [0.717, 1.165) is 38.5 Å². The summed E-state index contributed by atoms with van der Waals surface area (Å²) in [6.45, 7) is 3.87. The molecule has 13 heteroatoms. The maximum absolute atomic E-state index is 12.5. The summed E-state index contributed by atoms with van der Waals surface area (Å²) in [4.78, 5) is 12.5. The van der Waals surface area contributed by atoms with Gasteiger partial charge in [-0.05, 0) is 12.8 Å². The Balaban J connectivity index is 2.24. The number of hydrogen-bond donors (Lipinski definition) is 4. The number of rotatable bonds is 36. The van der Waals surface area contributed by atoms with Crippen molar-refractivity contribution in [3.63, 3.8) is 0 Å². The predicted molar refractivity (Wildman–Crippen MR) is 202 cm³/mol. The van der Waals surface area contributed by atoms with Crippen molar-refractivity contribution < 1.29 is 56.2 Å².